The number of nitrogens with one attached hydrogen (secondary N) is 1. The van der Waals surface area contributed by atoms with Gasteiger partial charge in [-0.15, -0.1) is 0 Å². The molecule has 1 fully saturated rings. The van der Waals surface area contributed by atoms with Crippen LogP contribution in [0.2, 0.25) is 0 Å². The number of thiophene rings is 1. The smallest absolute Gasteiger partial charge is 0.223 e. The summed E-state index contributed by atoms with van der Waals surface area (Å²) in [6, 6.07) is 1.77. The van der Waals surface area contributed by atoms with E-state index in [0.29, 0.717) is 5.56 Å². The molecule has 1 saturated heterocycles. The van der Waals surface area contributed by atoms with Gasteiger partial charge in [-0.3, -0.25) is 0 Å². The molecule has 0 saturated carbocycles. The van der Waals surface area contributed by atoms with Crippen molar-refractivity contribution in [2.45, 2.75) is 6.10 Å². The van der Waals surface area contributed by atoms with Gasteiger partial charge in [0.1, 0.15) is 5.69 Å². The van der Waals surface area contributed by atoms with E-state index in [4.69, 9.17) is 4.74 Å². The summed E-state index contributed by atoms with van der Waals surface area (Å²) in [7, 11) is -3.05. The van der Waals surface area contributed by atoms with Crippen LogP contribution >= 0.6 is 11.3 Å². The van der Waals surface area contributed by atoms with Crippen LogP contribution in [0.15, 0.2) is 23.0 Å². The minimum Gasteiger partial charge on any atom is -0.374 e. The Labute approximate surface area is 131 Å². The zero-order chi connectivity index (χ0) is 15.6. The van der Waals surface area contributed by atoms with Crippen LogP contribution in [0.3, 0.4) is 0 Å². The van der Waals surface area contributed by atoms with Crippen molar-refractivity contribution in [3.8, 4) is 11.3 Å². The van der Waals surface area contributed by atoms with E-state index in [0.717, 1.165) is 6.20 Å². The predicted octanol–water partition coefficient (Wildman–Crippen LogP) is 1.57. The van der Waals surface area contributed by atoms with E-state index in [2.05, 4.69) is 15.3 Å². The third kappa shape index (κ3) is 3.60. The highest BCUT2D eigenvalue weighted by atomic mass is 32.2. The zero-order valence-corrected chi connectivity index (χ0v) is 13.2. The number of rotatable bonds is 4. The van der Waals surface area contributed by atoms with Crippen molar-refractivity contribution in [2.75, 3.05) is 30.0 Å². The molecule has 3 heterocycles. The van der Waals surface area contributed by atoms with Gasteiger partial charge < -0.3 is 10.1 Å². The molecule has 2 aromatic heterocycles. The second-order valence-electron chi connectivity index (χ2n) is 4.89. The third-order valence-electron chi connectivity index (χ3n) is 3.21. The van der Waals surface area contributed by atoms with E-state index >= 15 is 0 Å². The molecular formula is C13H14FN3O3S2. The topological polar surface area (TPSA) is 81.2 Å². The number of ether oxygens (including phenoxy) is 1. The van der Waals surface area contributed by atoms with Gasteiger partial charge in [0.05, 0.1) is 30.4 Å². The molecule has 0 amide bonds. The Kier molecular flexibility index (Phi) is 4.37. The van der Waals surface area contributed by atoms with E-state index in [1.54, 1.807) is 11.4 Å². The van der Waals surface area contributed by atoms with Gasteiger partial charge in [0, 0.05) is 17.5 Å². The number of anilines is 1. The lowest BCUT2D eigenvalue weighted by molar-refractivity contribution is 0.0807. The van der Waals surface area contributed by atoms with Crippen LogP contribution in [0, 0.1) is 5.82 Å². The van der Waals surface area contributed by atoms with Crippen LogP contribution < -0.4 is 5.32 Å². The lowest BCUT2D eigenvalue weighted by Crippen LogP contribution is -2.38. The monoisotopic (exact) mass is 343 g/mol. The first kappa shape index (κ1) is 15.3. The summed E-state index contributed by atoms with van der Waals surface area (Å²) in [5.41, 5.74) is 0.903. The SMILES string of the molecule is O=S1(=O)CCOC(CNc2ncc(F)c(-c3ccsc3)n2)C1. The van der Waals surface area contributed by atoms with E-state index < -0.39 is 21.8 Å². The fraction of sp³-hybridized carbons (Fsp3) is 0.385. The fourth-order valence-electron chi connectivity index (χ4n) is 2.13. The lowest BCUT2D eigenvalue weighted by atomic mass is 10.2. The van der Waals surface area contributed by atoms with Gasteiger partial charge in [-0.05, 0) is 11.4 Å². The first-order chi connectivity index (χ1) is 10.5. The van der Waals surface area contributed by atoms with Crippen molar-refractivity contribution < 1.29 is 17.5 Å². The van der Waals surface area contributed by atoms with Gasteiger partial charge in [0.25, 0.3) is 0 Å². The van der Waals surface area contributed by atoms with Gasteiger partial charge in [-0.2, -0.15) is 11.3 Å². The molecule has 9 heteroatoms. The van der Waals surface area contributed by atoms with Gasteiger partial charge in [-0.25, -0.2) is 22.8 Å². The van der Waals surface area contributed by atoms with Crippen LogP contribution in [0.5, 0.6) is 0 Å². The van der Waals surface area contributed by atoms with Crippen molar-refractivity contribution in [1.82, 2.24) is 9.97 Å². The van der Waals surface area contributed by atoms with Gasteiger partial charge in [0.15, 0.2) is 15.7 Å². The van der Waals surface area contributed by atoms with E-state index in [9.17, 15) is 12.8 Å². The first-order valence-electron chi connectivity index (χ1n) is 6.64. The van der Waals surface area contributed by atoms with Crippen LogP contribution in [0.4, 0.5) is 10.3 Å². The summed E-state index contributed by atoms with van der Waals surface area (Å²) < 4.78 is 42.2. The molecule has 0 spiro atoms. The molecule has 0 radical (unpaired) electrons. The maximum absolute atomic E-state index is 13.8. The quantitative estimate of drug-likeness (QED) is 0.907. The number of halogens is 1. The molecule has 22 heavy (non-hydrogen) atoms. The largest absolute Gasteiger partial charge is 0.374 e. The molecular weight excluding hydrogens is 329 g/mol. The van der Waals surface area contributed by atoms with Crippen molar-refractivity contribution in [2.24, 2.45) is 0 Å². The zero-order valence-electron chi connectivity index (χ0n) is 11.5. The fourth-order valence-corrected chi connectivity index (χ4v) is 4.07. The van der Waals surface area contributed by atoms with Crippen LogP contribution in [0.25, 0.3) is 11.3 Å². The van der Waals surface area contributed by atoms with Crippen LogP contribution in [-0.4, -0.2) is 49.1 Å². The Balaban J connectivity index is 1.70. The number of hydrogen-bond acceptors (Lipinski definition) is 7. The van der Waals surface area contributed by atoms with Gasteiger partial charge >= 0.3 is 0 Å². The molecule has 1 atom stereocenters. The molecule has 1 aliphatic heterocycles. The summed E-state index contributed by atoms with van der Waals surface area (Å²) in [4.78, 5) is 8.01. The van der Waals surface area contributed by atoms with Crippen molar-refractivity contribution in [1.29, 1.82) is 0 Å². The minimum atomic E-state index is -3.05. The third-order valence-corrected chi connectivity index (χ3v) is 5.57. The van der Waals surface area contributed by atoms with Crippen molar-refractivity contribution in [3.63, 3.8) is 0 Å². The van der Waals surface area contributed by atoms with Crippen LogP contribution in [0.1, 0.15) is 0 Å². The molecule has 1 unspecified atom stereocenters. The van der Waals surface area contributed by atoms with E-state index in [1.807, 2.05) is 5.38 Å². The molecule has 0 aliphatic carbocycles. The Morgan fingerprint density at radius 2 is 2.36 bits per heavy atom. The van der Waals surface area contributed by atoms with Gasteiger partial charge in [-0.1, -0.05) is 0 Å². The van der Waals surface area contributed by atoms with Crippen molar-refractivity contribution in [3.05, 3.63) is 28.8 Å². The summed E-state index contributed by atoms with van der Waals surface area (Å²) in [5, 5.41) is 6.54. The van der Waals surface area contributed by atoms with Crippen molar-refractivity contribution >= 4 is 27.1 Å². The Morgan fingerprint density at radius 1 is 1.50 bits per heavy atom. The van der Waals surface area contributed by atoms with E-state index in [-0.39, 0.29) is 36.3 Å². The standard InChI is InChI=1S/C13H14FN3O3S2/c14-11-6-16-13(17-12(11)9-1-3-21-7-9)15-5-10-8-22(18,19)4-2-20-10/h1,3,6-7,10H,2,4-5,8H2,(H,15,16,17). The summed E-state index contributed by atoms with van der Waals surface area (Å²) in [5.74, 6) is -0.230. The normalized spacial score (nSPS) is 20.7. The maximum Gasteiger partial charge on any atom is 0.223 e. The highest BCUT2D eigenvalue weighted by molar-refractivity contribution is 7.91. The van der Waals surface area contributed by atoms with Crippen LogP contribution in [-0.2, 0) is 14.6 Å². The molecule has 1 aliphatic rings. The maximum atomic E-state index is 13.8. The molecule has 1 N–H and O–H groups in total. The molecule has 6 nitrogen and oxygen atoms in total. The molecule has 2 aromatic rings. The average molecular weight is 343 g/mol. The molecule has 118 valence electrons. The first-order valence-corrected chi connectivity index (χ1v) is 9.41. The Morgan fingerprint density at radius 3 is 3.09 bits per heavy atom. The number of aromatic nitrogens is 2. The minimum absolute atomic E-state index is 0.0292. The average Bonchev–Trinajstić information content (AvgIpc) is 2.99. The van der Waals surface area contributed by atoms with Gasteiger partial charge in [0.2, 0.25) is 5.95 Å². The number of sulfone groups is 1. The molecule has 0 bridgehead atoms. The highest BCUT2D eigenvalue weighted by Gasteiger charge is 2.25. The number of hydrogen-bond donors (Lipinski definition) is 1. The molecule has 3 rings (SSSR count). The summed E-state index contributed by atoms with van der Waals surface area (Å²) in [6.07, 6.45) is 0.651. The Hall–Kier alpha value is -1.58. The van der Waals surface area contributed by atoms with E-state index in [1.165, 1.54) is 11.3 Å². The highest BCUT2D eigenvalue weighted by Crippen LogP contribution is 2.23. The predicted molar refractivity (Wildman–Crippen MR) is 82.2 cm³/mol. The Bertz CT molecular complexity index is 750. The molecule has 0 aromatic carbocycles. The summed E-state index contributed by atoms with van der Waals surface area (Å²) in [6.45, 7) is 0.451. The lowest BCUT2D eigenvalue weighted by Gasteiger charge is -2.22. The summed E-state index contributed by atoms with van der Waals surface area (Å²) >= 11 is 1.45. The number of nitrogens with zero attached hydrogens (tertiary/aromatic N) is 2. The second kappa shape index (κ2) is 6.27. The second-order valence-corrected chi connectivity index (χ2v) is 7.90.